The van der Waals surface area contributed by atoms with E-state index in [4.69, 9.17) is 15.0 Å². The average Bonchev–Trinajstić information content (AvgIpc) is 3.19. The molecule has 0 bridgehead atoms. The Morgan fingerprint density at radius 2 is 2.04 bits per heavy atom. The summed E-state index contributed by atoms with van der Waals surface area (Å²) in [7, 11) is 0. The molecule has 1 aromatic heterocycles. The predicted octanol–water partition coefficient (Wildman–Crippen LogP) is 0.0970. The molecule has 0 spiro atoms. The lowest BCUT2D eigenvalue weighted by molar-refractivity contribution is -0.136. The molecule has 0 unspecified atom stereocenters. The van der Waals surface area contributed by atoms with Crippen LogP contribution in [0, 0.1) is 6.92 Å². The van der Waals surface area contributed by atoms with Crippen LogP contribution in [0.1, 0.15) is 31.1 Å². The van der Waals surface area contributed by atoms with Crippen LogP contribution in [0.2, 0.25) is 0 Å². The second-order valence-corrected chi connectivity index (χ2v) is 6.32. The van der Waals surface area contributed by atoms with Gasteiger partial charge in [-0.1, -0.05) is 5.11 Å². The smallest absolute Gasteiger partial charge is 0.423 e. The number of aromatic nitrogens is 2. The largest absolute Gasteiger partial charge is 0.446 e. The molecule has 0 aliphatic carbocycles. The molecule has 0 saturated carbocycles. The lowest BCUT2D eigenvalue weighted by atomic mass is 10.1. The molecule has 3 amide bonds. The first kappa shape index (κ1) is 19.3. The molecule has 1 N–H and O–H groups in total. The Hall–Kier alpha value is -3.44. The minimum Gasteiger partial charge on any atom is -0.446 e. The van der Waals surface area contributed by atoms with Crippen molar-refractivity contribution in [2.24, 2.45) is 5.11 Å². The summed E-state index contributed by atoms with van der Waals surface area (Å²) in [5.41, 5.74) is 7.79. The van der Waals surface area contributed by atoms with Gasteiger partial charge in [-0.25, -0.2) is 9.59 Å². The van der Waals surface area contributed by atoms with Gasteiger partial charge in [0.1, 0.15) is 18.9 Å². The van der Waals surface area contributed by atoms with Crippen LogP contribution in [0.3, 0.4) is 0 Å². The highest BCUT2D eigenvalue weighted by Gasteiger charge is 2.39. The zero-order chi connectivity index (χ0) is 20.4. The van der Waals surface area contributed by atoms with E-state index in [-0.39, 0.29) is 24.8 Å². The third-order valence-corrected chi connectivity index (χ3v) is 4.47. The van der Waals surface area contributed by atoms with Gasteiger partial charge in [-0.2, -0.15) is 4.90 Å². The Bertz CT molecular complexity index is 975. The van der Waals surface area contributed by atoms with Gasteiger partial charge in [-0.05, 0) is 12.5 Å². The van der Waals surface area contributed by atoms with Crippen molar-refractivity contribution in [2.75, 3.05) is 6.61 Å². The van der Waals surface area contributed by atoms with Crippen molar-refractivity contribution in [1.29, 1.82) is 0 Å². The van der Waals surface area contributed by atoms with Crippen molar-refractivity contribution >= 4 is 17.9 Å². The Kier molecular flexibility index (Phi) is 5.29. The number of hydrogen-bond donors (Lipinski definition) is 1. The number of rotatable bonds is 4. The summed E-state index contributed by atoms with van der Waals surface area (Å²) in [5, 5.41) is 3.59. The molecule has 1 aromatic rings. The molecular formula is C15H16N6O7. The number of azide groups is 1. The number of nitrogens with zero attached hydrogens (tertiary/aromatic N) is 5. The molecular weight excluding hydrogens is 376 g/mol. The Labute approximate surface area is 156 Å². The fraction of sp³-hybridized carbons (Fsp3) is 0.533. The van der Waals surface area contributed by atoms with Crippen LogP contribution in [0.4, 0.5) is 4.79 Å². The van der Waals surface area contributed by atoms with Crippen molar-refractivity contribution in [1.82, 2.24) is 14.5 Å². The summed E-state index contributed by atoms with van der Waals surface area (Å²) >= 11 is 0. The SMILES string of the molecule is Cc1cn([C@H]2C[C@H](N=[N+]=[N-])[C@@H](COC(=O)N3C(=O)CCC3=O)O2)c(=O)[nH]c1=O. The first-order chi connectivity index (χ1) is 13.3. The van der Waals surface area contributed by atoms with Crippen molar-refractivity contribution in [3.8, 4) is 0 Å². The quantitative estimate of drug-likeness (QED) is 0.327. The standard InChI is InChI=1S/C15H16N6O7/c1-7-5-20(14(25)17-13(7)24)12-4-8(18-19-16)9(28-12)6-27-15(26)21-10(22)2-3-11(21)23/h5,8-9,12H,2-4,6H2,1H3,(H,17,24,25)/t8-,9+,12+/m0/s1. The Balaban J connectivity index is 1.73. The van der Waals surface area contributed by atoms with Gasteiger partial charge in [-0.15, -0.1) is 0 Å². The van der Waals surface area contributed by atoms with Crippen LogP contribution in [0.15, 0.2) is 20.9 Å². The van der Waals surface area contributed by atoms with Gasteiger partial charge < -0.3 is 9.47 Å². The maximum atomic E-state index is 12.0. The number of likely N-dealkylation sites (tertiary alicyclic amines) is 1. The average molecular weight is 392 g/mol. The fourth-order valence-corrected chi connectivity index (χ4v) is 3.02. The van der Waals surface area contributed by atoms with Crippen LogP contribution in [-0.4, -0.2) is 51.1 Å². The van der Waals surface area contributed by atoms with Crippen LogP contribution in [0.25, 0.3) is 10.4 Å². The number of hydrogen-bond acceptors (Lipinski definition) is 8. The highest BCUT2D eigenvalue weighted by Crippen LogP contribution is 2.30. The number of aromatic amines is 1. The summed E-state index contributed by atoms with van der Waals surface area (Å²) in [4.78, 5) is 63.9. The molecule has 2 saturated heterocycles. The van der Waals surface area contributed by atoms with Gasteiger partial charge in [0.2, 0.25) is 11.8 Å². The molecule has 148 valence electrons. The third-order valence-electron chi connectivity index (χ3n) is 4.47. The minimum atomic E-state index is -1.13. The molecule has 28 heavy (non-hydrogen) atoms. The van der Waals surface area contributed by atoms with Crippen molar-refractivity contribution in [3.63, 3.8) is 0 Å². The molecule has 3 heterocycles. The van der Waals surface area contributed by atoms with Gasteiger partial charge in [0.15, 0.2) is 0 Å². The maximum absolute atomic E-state index is 12.0. The number of ether oxygens (including phenoxy) is 2. The second-order valence-electron chi connectivity index (χ2n) is 6.32. The molecule has 3 atom stereocenters. The van der Waals surface area contributed by atoms with E-state index in [1.165, 1.54) is 13.1 Å². The summed E-state index contributed by atoms with van der Waals surface area (Å²) in [6.45, 7) is 1.12. The van der Waals surface area contributed by atoms with Gasteiger partial charge in [0.05, 0.1) is 6.04 Å². The van der Waals surface area contributed by atoms with Gasteiger partial charge in [0, 0.05) is 35.9 Å². The number of imide groups is 3. The van der Waals surface area contributed by atoms with Crippen molar-refractivity contribution in [3.05, 3.63) is 43.0 Å². The Morgan fingerprint density at radius 1 is 1.36 bits per heavy atom. The van der Waals surface area contributed by atoms with E-state index in [1.54, 1.807) is 0 Å². The Morgan fingerprint density at radius 3 is 2.68 bits per heavy atom. The van der Waals surface area contributed by atoms with E-state index in [0.717, 1.165) is 4.57 Å². The van der Waals surface area contributed by atoms with Gasteiger partial charge in [-0.3, -0.25) is 23.9 Å². The summed E-state index contributed by atoms with van der Waals surface area (Å²) in [6, 6.07) is -0.771. The summed E-state index contributed by atoms with van der Waals surface area (Å²) in [6.07, 6.45) is -1.61. The normalized spacial score (nSPS) is 24.3. The molecule has 2 aliphatic heterocycles. The molecule has 13 nitrogen and oxygen atoms in total. The molecule has 0 radical (unpaired) electrons. The van der Waals surface area contributed by atoms with Gasteiger partial charge in [0.25, 0.3) is 5.56 Å². The lowest BCUT2D eigenvalue weighted by Crippen LogP contribution is -2.38. The van der Waals surface area contributed by atoms with E-state index < -0.39 is 54.1 Å². The van der Waals surface area contributed by atoms with Crippen LogP contribution < -0.4 is 11.2 Å². The molecule has 0 aromatic carbocycles. The molecule has 3 rings (SSSR count). The zero-order valence-corrected chi connectivity index (χ0v) is 14.7. The monoisotopic (exact) mass is 392 g/mol. The maximum Gasteiger partial charge on any atom is 0.423 e. The highest BCUT2D eigenvalue weighted by atomic mass is 16.6. The number of carbonyl (C=O) groups excluding carboxylic acids is 3. The molecule has 2 aliphatic rings. The van der Waals surface area contributed by atoms with Crippen LogP contribution in [-0.2, 0) is 19.1 Å². The van der Waals surface area contributed by atoms with E-state index in [9.17, 15) is 24.0 Å². The summed E-state index contributed by atoms with van der Waals surface area (Å²) in [5.74, 6) is -1.30. The third kappa shape index (κ3) is 3.66. The van der Waals surface area contributed by atoms with E-state index in [0.29, 0.717) is 4.90 Å². The highest BCUT2D eigenvalue weighted by molar-refractivity contribution is 6.13. The second kappa shape index (κ2) is 7.66. The number of amides is 3. The number of nitrogens with one attached hydrogen (secondary N) is 1. The van der Waals surface area contributed by atoms with Crippen LogP contribution in [0.5, 0.6) is 0 Å². The van der Waals surface area contributed by atoms with E-state index >= 15 is 0 Å². The van der Waals surface area contributed by atoms with Crippen molar-refractivity contribution in [2.45, 2.75) is 44.6 Å². The number of carbonyl (C=O) groups is 3. The topological polar surface area (TPSA) is 177 Å². The first-order valence-electron chi connectivity index (χ1n) is 8.36. The number of aryl methyl sites for hydroxylation is 1. The van der Waals surface area contributed by atoms with Gasteiger partial charge >= 0.3 is 11.8 Å². The van der Waals surface area contributed by atoms with E-state index in [1.807, 2.05) is 0 Å². The predicted molar refractivity (Wildman–Crippen MR) is 90.0 cm³/mol. The molecule has 2 fully saturated rings. The first-order valence-corrected chi connectivity index (χ1v) is 8.36. The lowest BCUT2D eigenvalue weighted by Gasteiger charge is -2.18. The zero-order valence-electron chi connectivity index (χ0n) is 14.7. The van der Waals surface area contributed by atoms with Crippen LogP contribution >= 0.6 is 0 Å². The molecule has 13 heteroatoms. The fourth-order valence-electron chi connectivity index (χ4n) is 3.02. The minimum absolute atomic E-state index is 0.0637. The summed E-state index contributed by atoms with van der Waals surface area (Å²) < 4.78 is 11.8. The van der Waals surface area contributed by atoms with Crippen molar-refractivity contribution < 1.29 is 23.9 Å². The number of H-pyrrole nitrogens is 1. The van der Waals surface area contributed by atoms with E-state index in [2.05, 4.69) is 15.0 Å².